The van der Waals surface area contributed by atoms with Crippen LogP contribution in [0.2, 0.25) is 0 Å². The highest BCUT2D eigenvalue weighted by Gasteiger charge is 2.40. The molecule has 52 heavy (non-hydrogen) atoms. The number of nitrogens with zero attached hydrogens (tertiary/aromatic N) is 2. The van der Waals surface area contributed by atoms with Gasteiger partial charge >= 0.3 is 0 Å². The van der Waals surface area contributed by atoms with Gasteiger partial charge in [0.25, 0.3) is 0 Å². The van der Waals surface area contributed by atoms with Crippen LogP contribution in [-0.4, -0.2) is 12.6 Å². The Hall–Kier alpha value is -6.12. The number of para-hydroxylation sites is 2. The summed E-state index contributed by atoms with van der Waals surface area (Å²) in [5.41, 5.74) is 17.0. The molecule has 0 amide bonds. The Labute approximate surface area is 308 Å². The molecule has 0 fully saturated rings. The number of fused-ring (bicyclic) bond motifs is 3. The Bertz CT molecular complexity index is 2280. The van der Waals surface area contributed by atoms with E-state index in [1.54, 1.807) is 0 Å². The Kier molecular flexibility index (Phi) is 8.29. The zero-order valence-electron chi connectivity index (χ0n) is 29.6. The van der Waals surface area contributed by atoms with Crippen LogP contribution in [0.25, 0.3) is 27.8 Å². The molecule has 0 N–H and O–H groups in total. The minimum absolute atomic E-state index is 0.230. The largest absolute Gasteiger partial charge is 0.337 e. The lowest BCUT2D eigenvalue weighted by atomic mass is 9.74. The van der Waals surface area contributed by atoms with E-state index in [0.29, 0.717) is 11.8 Å². The quantitative estimate of drug-likeness (QED) is 0.159. The number of hydrogen-bond acceptors (Lipinski definition) is 2. The molecule has 2 aliphatic carbocycles. The average molecular weight is 671 g/mol. The van der Waals surface area contributed by atoms with E-state index < -0.39 is 0 Å². The normalized spacial score (nSPS) is 21.2. The maximum absolute atomic E-state index is 3.89. The summed E-state index contributed by atoms with van der Waals surface area (Å²) in [5.74, 6) is 0.627. The van der Waals surface area contributed by atoms with Crippen molar-refractivity contribution in [2.45, 2.75) is 19.4 Å². The maximum Gasteiger partial charge on any atom is 0.0633 e. The highest BCUT2D eigenvalue weighted by molar-refractivity contribution is 5.95. The Balaban J connectivity index is 1.09. The molecule has 5 aromatic carbocycles. The smallest absolute Gasteiger partial charge is 0.0633 e. The van der Waals surface area contributed by atoms with Crippen molar-refractivity contribution in [1.82, 2.24) is 0 Å². The number of anilines is 3. The van der Waals surface area contributed by atoms with Gasteiger partial charge in [-0.25, -0.2) is 0 Å². The zero-order valence-corrected chi connectivity index (χ0v) is 29.6. The predicted octanol–water partition coefficient (Wildman–Crippen LogP) is 12.5. The highest BCUT2D eigenvalue weighted by atomic mass is 15.2. The van der Waals surface area contributed by atoms with Crippen molar-refractivity contribution < 1.29 is 0 Å². The lowest BCUT2D eigenvalue weighted by Crippen LogP contribution is -2.29. The molecule has 4 aliphatic rings. The molecule has 2 aliphatic heterocycles. The molecule has 252 valence electrons. The average Bonchev–Trinajstić information content (AvgIpc) is 3.75. The van der Waals surface area contributed by atoms with Crippen LogP contribution in [0.4, 0.5) is 17.1 Å². The molecule has 2 heterocycles. The van der Waals surface area contributed by atoms with Gasteiger partial charge in [0, 0.05) is 40.8 Å². The molecule has 2 nitrogen and oxygen atoms in total. The second-order valence-electron chi connectivity index (χ2n) is 14.1. The molecule has 3 atom stereocenters. The summed E-state index contributed by atoms with van der Waals surface area (Å²) >= 11 is 0. The first-order chi connectivity index (χ1) is 25.7. The summed E-state index contributed by atoms with van der Waals surface area (Å²) in [4.78, 5) is 5.06. The summed E-state index contributed by atoms with van der Waals surface area (Å²) in [6, 6.07) is 48.7. The first kappa shape index (κ1) is 31.8. The number of rotatable bonds is 7. The van der Waals surface area contributed by atoms with Crippen LogP contribution >= 0.6 is 0 Å². The first-order valence-corrected chi connectivity index (χ1v) is 18.5. The van der Waals surface area contributed by atoms with Gasteiger partial charge in [0.05, 0.1) is 6.04 Å². The van der Waals surface area contributed by atoms with Gasteiger partial charge in [0.15, 0.2) is 0 Å². The fourth-order valence-electron chi connectivity index (χ4n) is 8.73. The van der Waals surface area contributed by atoms with Crippen LogP contribution in [0.15, 0.2) is 211 Å². The maximum atomic E-state index is 3.89. The summed E-state index contributed by atoms with van der Waals surface area (Å²) in [5, 5.41) is 0. The lowest BCUT2D eigenvalue weighted by molar-refractivity contribution is 0.554. The summed E-state index contributed by atoms with van der Waals surface area (Å²) in [6.07, 6.45) is 19.1. The van der Waals surface area contributed by atoms with Crippen LogP contribution in [-0.2, 0) is 0 Å². The van der Waals surface area contributed by atoms with Gasteiger partial charge in [-0.1, -0.05) is 153 Å². The Morgan fingerprint density at radius 1 is 0.692 bits per heavy atom. The van der Waals surface area contributed by atoms with Gasteiger partial charge in [-0.3, -0.25) is 0 Å². The van der Waals surface area contributed by atoms with Crippen molar-refractivity contribution in [3.8, 4) is 22.3 Å². The van der Waals surface area contributed by atoms with E-state index >= 15 is 0 Å². The minimum atomic E-state index is 0.230. The van der Waals surface area contributed by atoms with Crippen LogP contribution in [0, 0.1) is 11.8 Å². The van der Waals surface area contributed by atoms with Gasteiger partial charge in [-0.15, -0.1) is 0 Å². The third kappa shape index (κ3) is 5.61. The fourth-order valence-corrected chi connectivity index (χ4v) is 8.73. The van der Waals surface area contributed by atoms with Crippen LogP contribution < -0.4 is 9.80 Å². The molecule has 0 bridgehead atoms. The van der Waals surface area contributed by atoms with Crippen LogP contribution in [0.1, 0.15) is 18.9 Å². The van der Waals surface area contributed by atoms with Crippen LogP contribution in [0.3, 0.4) is 0 Å². The van der Waals surface area contributed by atoms with Crippen molar-refractivity contribution in [3.63, 3.8) is 0 Å². The minimum Gasteiger partial charge on any atom is -0.337 e. The molecular weight excluding hydrogens is 629 g/mol. The van der Waals surface area contributed by atoms with Gasteiger partial charge in [0.1, 0.15) is 0 Å². The summed E-state index contributed by atoms with van der Waals surface area (Å²) < 4.78 is 0. The molecule has 0 radical (unpaired) electrons. The topological polar surface area (TPSA) is 6.48 Å². The van der Waals surface area contributed by atoms with Gasteiger partial charge in [-0.2, -0.15) is 0 Å². The molecule has 0 aromatic heterocycles. The van der Waals surface area contributed by atoms with E-state index in [9.17, 15) is 0 Å². The Morgan fingerprint density at radius 2 is 1.35 bits per heavy atom. The lowest BCUT2D eigenvalue weighted by Gasteiger charge is -2.34. The molecule has 0 spiro atoms. The van der Waals surface area contributed by atoms with E-state index in [-0.39, 0.29) is 6.04 Å². The van der Waals surface area contributed by atoms with Crippen molar-refractivity contribution in [2.75, 3.05) is 16.3 Å². The molecular formula is C50H42N2. The van der Waals surface area contributed by atoms with Crippen molar-refractivity contribution in [1.29, 1.82) is 0 Å². The standard InChI is InChI=1S/C50H42N2/c1-3-4-8-21-39-34-51(42-22-13-7-14-23-42)49-29-27-44(35(2)50(39)49)38-26-28-48-46(33-38)45-24-15-16-25-47(45)52(48)43-31-40(36-17-9-5-10-18-36)30-41(32-43)37-19-11-6-12-20-37/h3-27,29-33,35,44,48H,1,28,34H2,2H3/b8-4-,39-21+/t35?,44?,48-/m0/s1. The fraction of sp³-hybridized carbons (Fsp3) is 0.120. The molecule has 5 aromatic rings. The van der Waals surface area contributed by atoms with E-state index in [0.717, 1.165) is 13.0 Å². The molecule has 2 heteroatoms. The molecule has 0 saturated carbocycles. The van der Waals surface area contributed by atoms with Crippen LogP contribution in [0.5, 0.6) is 0 Å². The first-order valence-electron chi connectivity index (χ1n) is 18.5. The van der Waals surface area contributed by atoms with E-state index in [1.807, 2.05) is 12.2 Å². The van der Waals surface area contributed by atoms with Gasteiger partial charge < -0.3 is 9.80 Å². The SMILES string of the molecule is C=C/C=C\C=C1/CN(c2ccccc2)C2=C1C(C)C(C1=CC[C@H]3C(=C1)c1ccccc1N3c1cc(-c3ccccc3)cc(-c3ccccc3)c1)C=C2. The molecule has 0 saturated heterocycles. The molecule has 2 unspecified atom stereocenters. The number of allylic oxidation sites excluding steroid dienone is 8. The van der Waals surface area contributed by atoms with E-state index in [2.05, 4.69) is 193 Å². The van der Waals surface area contributed by atoms with E-state index in [1.165, 1.54) is 72.9 Å². The van der Waals surface area contributed by atoms with Gasteiger partial charge in [0.2, 0.25) is 0 Å². The predicted molar refractivity (Wildman–Crippen MR) is 220 cm³/mol. The highest BCUT2D eigenvalue weighted by Crippen LogP contribution is 2.52. The van der Waals surface area contributed by atoms with E-state index in [4.69, 9.17) is 0 Å². The van der Waals surface area contributed by atoms with Crippen molar-refractivity contribution in [3.05, 3.63) is 217 Å². The van der Waals surface area contributed by atoms with Crippen molar-refractivity contribution in [2.24, 2.45) is 11.8 Å². The third-order valence-corrected chi connectivity index (χ3v) is 11.1. The van der Waals surface area contributed by atoms with Crippen molar-refractivity contribution >= 4 is 22.6 Å². The summed E-state index contributed by atoms with van der Waals surface area (Å²) in [6.45, 7) is 7.18. The second kappa shape index (κ2) is 13.5. The number of hydrogen-bond donors (Lipinski definition) is 0. The monoisotopic (exact) mass is 670 g/mol. The summed E-state index contributed by atoms with van der Waals surface area (Å²) in [7, 11) is 0. The molecule has 9 rings (SSSR count). The van der Waals surface area contributed by atoms with Gasteiger partial charge in [-0.05, 0) is 99.4 Å². The Morgan fingerprint density at radius 3 is 2.04 bits per heavy atom. The zero-order chi connectivity index (χ0) is 35.0. The second-order valence-corrected chi connectivity index (χ2v) is 14.1. The number of benzene rings is 5. The third-order valence-electron chi connectivity index (χ3n) is 11.1.